The van der Waals surface area contributed by atoms with Gasteiger partial charge in [-0.3, -0.25) is 4.79 Å². The first-order valence-electron chi connectivity index (χ1n) is 9.49. The fourth-order valence-electron chi connectivity index (χ4n) is 3.64. The van der Waals surface area contributed by atoms with Gasteiger partial charge in [0.25, 0.3) is 0 Å². The zero-order chi connectivity index (χ0) is 20.1. The van der Waals surface area contributed by atoms with E-state index in [1.807, 2.05) is 12.1 Å². The maximum atomic E-state index is 13.5. The molecule has 4 nitrogen and oxygen atoms in total. The number of ether oxygens (including phenoxy) is 1. The molecule has 0 spiro atoms. The van der Waals surface area contributed by atoms with Crippen LogP contribution in [0.1, 0.15) is 41.6 Å². The zero-order valence-corrected chi connectivity index (χ0v) is 16.7. The normalized spacial score (nSPS) is 16.7. The Bertz CT molecular complexity index is 817. The van der Waals surface area contributed by atoms with Crippen LogP contribution >= 0.6 is 11.6 Å². The van der Waals surface area contributed by atoms with Crippen LogP contribution < -0.4 is 4.74 Å². The summed E-state index contributed by atoms with van der Waals surface area (Å²) in [6.45, 7) is 2.34. The van der Waals surface area contributed by atoms with E-state index in [4.69, 9.17) is 16.3 Å². The monoisotopic (exact) mass is 405 g/mol. The number of methoxy groups -OCH3 is 1. The lowest BCUT2D eigenvalue weighted by atomic mass is 9.84. The molecule has 0 aromatic heterocycles. The fraction of sp³-hybridized carbons (Fsp3) is 0.409. The molecule has 6 heteroatoms. The lowest BCUT2D eigenvalue weighted by Crippen LogP contribution is -2.42. The molecule has 0 unspecified atom stereocenters. The molecule has 0 bridgehead atoms. The van der Waals surface area contributed by atoms with Crippen molar-refractivity contribution in [3.05, 3.63) is 64.4 Å². The highest BCUT2D eigenvalue weighted by molar-refractivity contribution is 6.30. The number of halogens is 2. The number of nitrogens with zero attached hydrogens (tertiary/aromatic N) is 1. The Morgan fingerprint density at radius 2 is 1.89 bits per heavy atom. The number of rotatable bonds is 7. The number of hydrogen-bond donors (Lipinski definition) is 1. The molecule has 150 valence electrons. The van der Waals surface area contributed by atoms with Crippen LogP contribution in [0.3, 0.4) is 0 Å². The van der Waals surface area contributed by atoms with E-state index in [-0.39, 0.29) is 11.5 Å². The van der Waals surface area contributed by atoms with E-state index in [9.17, 15) is 14.3 Å². The minimum absolute atomic E-state index is 0.0204. The molecule has 1 fully saturated rings. The van der Waals surface area contributed by atoms with Gasteiger partial charge in [-0.1, -0.05) is 23.7 Å². The third-order valence-electron chi connectivity index (χ3n) is 5.42. The van der Waals surface area contributed by atoms with Crippen LogP contribution in [0.2, 0.25) is 5.02 Å². The minimum Gasteiger partial charge on any atom is -0.494 e. The second kappa shape index (κ2) is 9.03. The average molecular weight is 406 g/mol. The van der Waals surface area contributed by atoms with Crippen molar-refractivity contribution in [2.75, 3.05) is 26.7 Å². The maximum Gasteiger partial charge on any atom is 0.165 e. The van der Waals surface area contributed by atoms with Crippen molar-refractivity contribution in [1.29, 1.82) is 0 Å². The lowest BCUT2D eigenvalue weighted by Gasteiger charge is -2.38. The Morgan fingerprint density at radius 1 is 1.21 bits per heavy atom. The van der Waals surface area contributed by atoms with Gasteiger partial charge in [0, 0.05) is 30.1 Å². The minimum atomic E-state index is -0.818. The van der Waals surface area contributed by atoms with Crippen LogP contribution in [0, 0.1) is 5.82 Å². The van der Waals surface area contributed by atoms with Gasteiger partial charge in [-0.05, 0) is 61.7 Å². The zero-order valence-electron chi connectivity index (χ0n) is 16.0. The number of aliphatic hydroxyl groups is 1. The molecule has 1 aliphatic rings. The van der Waals surface area contributed by atoms with Crippen molar-refractivity contribution in [1.82, 2.24) is 4.90 Å². The highest BCUT2D eigenvalue weighted by atomic mass is 35.5. The summed E-state index contributed by atoms with van der Waals surface area (Å²) in [5.41, 5.74) is 0.549. The van der Waals surface area contributed by atoms with E-state index in [0.29, 0.717) is 29.8 Å². The van der Waals surface area contributed by atoms with E-state index in [2.05, 4.69) is 4.90 Å². The fourth-order valence-corrected chi connectivity index (χ4v) is 3.76. The van der Waals surface area contributed by atoms with E-state index in [1.54, 1.807) is 12.1 Å². The van der Waals surface area contributed by atoms with E-state index < -0.39 is 11.4 Å². The van der Waals surface area contributed by atoms with Crippen molar-refractivity contribution in [3.8, 4) is 5.75 Å². The molecule has 0 atom stereocenters. The average Bonchev–Trinajstić information content (AvgIpc) is 2.70. The molecule has 28 heavy (non-hydrogen) atoms. The number of carbonyl (C=O) groups is 1. The molecule has 2 aromatic carbocycles. The Labute approximate surface area is 169 Å². The summed E-state index contributed by atoms with van der Waals surface area (Å²) < 4.78 is 18.4. The highest BCUT2D eigenvalue weighted by Gasteiger charge is 2.33. The van der Waals surface area contributed by atoms with Crippen LogP contribution in [-0.2, 0) is 5.60 Å². The number of carbonyl (C=O) groups excluding carboxylic acids is 1. The molecule has 1 heterocycles. The van der Waals surface area contributed by atoms with Gasteiger partial charge in [0.15, 0.2) is 17.3 Å². The smallest absolute Gasteiger partial charge is 0.165 e. The largest absolute Gasteiger partial charge is 0.494 e. The van der Waals surface area contributed by atoms with Crippen LogP contribution in [0.4, 0.5) is 4.39 Å². The summed E-state index contributed by atoms with van der Waals surface area (Å²) in [4.78, 5) is 14.6. The Morgan fingerprint density at radius 3 is 2.54 bits per heavy atom. The summed E-state index contributed by atoms with van der Waals surface area (Å²) in [5.74, 6) is -0.406. The SMILES string of the molecule is COc1cc(C(=O)CCCN2CCC(O)(c3ccc(Cl)cc3)CC2)ccc1F. The highest BCUT2D eigenvalue weighted by Crippen LogP contribution is 2.33. The van der Waals surface area contributed by atoms with Gasteiger partial charge in [0.2, 0.25) is 0 Å². The summed E-state index contributed by atoms with van der Waals surface area (Å²) in [6.07, 6.45) is 2.42. The Hall–Kier alpha value is -1.95. The lowest BCUT2D eigenvalue weighted by molar-refractivity contribution is -0.0260. The standard InChI is InChI=1S/C22H25ClFNO3/c1-28-21-15-16(4-9-19(21)24)20(26)3-2-12-25-13-10-22(27,11-14-25)17-5-7-18(23)8-6-17/h4-9,15,27H,2-3,10-14H2,1H3. The number of Topliss-reactive ketones (excluding diaryl/α,β-unsaturated/α-hetero) is 1. The van der Waals surface area contributed by atoms with Gasteiger partial charge in [-0.2, -0.15) is 0 Å². The number of benzene rings is 2. The molecule has 1 aliphatic heterocycles. The predicted molar refractivity (Wildman–Crippen MR) is 108 cm³/mol. The third-order valence-corrected chi connectivity index (χ3v) is 5.67. The molecule has 1 N–H and O–H groups in total. The number of piperidine rings is 1. The topological polar surface area (TPSA) is 49.8 Å². The van der Waals surface area contributed by atoms with Crippen molar-refractivity contribution in [2.24, 2.45) is 0 Å². The molecular formula is C22H25ClFNO3. The van der Waals surface area contributed by atoms with Crippen molar-refractivity contribution >= 4 is 17.4 Å². The van der Waals surface area contributed by atoms with Gasteiger partial charge >= 0.3 is 0 Å². The van der Waals surface area contributed by atoms with Crippen molar-refractivity contribution in [2.45, 2.75) is 31.3 Å². The van der Waals surface area contributed by atoms with Gasteiger partial charge < -0.3 is 14.7 Å². The number of ketones is 1. The van der Waals surface area contributed by atoms with Crippen LogP contribution in [0.5, 0.6) is 5.75 Å². The third kappa shape index (κ3) is 4.90. The van der Waals surface area contributed by atoms with Crippen LogP contribution in [0.25, 0.3) is 0 Å². The summed E-state index contributed by atoms with van der Waals surface area (Å²) in [5, 5.41) is 11.6. The number of likely N-dealkylation sites (tertiary alicyclic amines) is 1. The van der Waals surface area contributed by atoms with Gasteiger partial charge in [0.1, 0.15) is 0 Å². The summed E-state index contributed by atoms with van der Waals surface area (Å²) in [7, 11) is 1.38. The Kier molecular flexibility index (Phi) is 6.70. The molecule has 3 rings (SSSR count). The first-order chi connectivity index (χ1) is 13.4. The van der Waals surface area contributed by atoms with Gasteiger partial charge in [0.05, 0.1) is 12.7 Å². The predicted octanol–water partition coefficient (Wildman–Crippen LogP) is 4.43. The van der Waals surface area contributed by atoms with Crippen LogP contribution in [-0.4, -0.2) is 42.5 Å². The second-order valence-corrected chi connectivity index (χ2v) is 7.69. The molecular weight excluding hydrogens is 381 g/mol. The first kappa shape index (κ1) is 20.8. The maximum absolute atomic E-state index is 13.5. The summed E-state index contributed by atoms with van der Waals surface area (Å²) >= 11 is 5.93. The molecule has 0 saturated carbocycles. The number of hydrogen-bond acceptors (Lipinski definition) is 4. The molecule has 0 aliphatic carbocycles. The van der Waals surface area contributed by atoms with Crippen molar-refractivity contribution in [3.63, 3.8) is 0 Å². The Balaban J connectivity index is 1.46. The van der Waals surface area contributed by atoms with Crippen LogP contribution in [0.15, 0.2) is 42.5 Å². The second-order valence-electron chi connectivity index (χ2n) is 7.26. The van der Waals surface area contributed by atoms with Gasteiger partial charge in [-0.15, -0.1) is 0 Å². The quantitative estimate of drug-likeness (QED) is 0.692. The van der Waals surface area contributed by atoms with E-state index >= 15 is 0 Å². The van der Waals surface area contributed by atoms with E-state index in [1.165, 1.54) is 25.3 Å². The summed E-state index contributed by atoms with van der Waals surface area (Å²) in [6, 6.07) is 11.6. The first-order valence-corrected chi connectivity index (χ1v) is 9.86. The van der Waals surface area contributed by atoms with Gasteiger partial charge in [-0.25, -0.2) is 4.39 Å². The molecule has 0 amide bonds. The molecule has 2 aromatic rings. The molecule has 0 radical (unpaired) electrons. The van der Waals surface area contributed by atoms with E-state index in [0.717, 1.165) is 31.6 Å². The van der Waals surface area contributed by atoms with Crippen molar-refractivity contribution < 1.29 is 19.0 Å². The molecule has 1 saturated heterocycles.